The van der Waals surface area contributed by atoms with Crippen molar-refractivity contribution in [2.24, 2.45) is 5.84 Å². The van der Waals surface area contributed by atoms with E-state index in [0.717, 1.165) is 23.5 Å². The fourth-order valence-corrected chi connectivity index (χ4v) is 2.40. The van der Waals surface area contributed by atoms with Crippen molar-refractivity contribution in [1.29, 1.82) is 0 Å². The van der Waals surface area contributed by atoms with Gasteiger partial charge in [-0.15, -0.1) is 0 Å². The molecule has 0 aliphatic carbocycles. The zero-order valence-electron chi connectivity index (χ0n) is 12.0. The molecule has 0 aromatic carbocycles. The molecule has 0 saturated carbocycles. The summed E-state index contributed by atoms with van der Waals surface area (Å²) in [7, 11) is 2.06. The molecule has 3 N–H and O–H groups in total. The summed E-state index contributed by atoms with van der Waals surface area (Å²) in [5.41, 5.74) is 2.90. The molecule has 108 valence electrons. The average Bonchev–Trinajstić information content (AvgIpc) is 2.75. The second-order valence-corrected chi connectivity index (χ2v) is 5.73. The number of amides is 1. The topological polar surface area (TPSA) is 71.5 Å². The number of hydrazine groups is 1. The Bertz CT molecular complexity index is 420. The molecular weight excluding hydrogens is 262 g/mol. The van der Waals surface area contributed by atoms with Crippen LogP contribution in [0.4, 0.5) is 0 Å². The van der Waals surface area contributed by atoms with Gasteiger partial charge in [0, 0.05) is 11.6 Å². The molecule has 6 heteroatoms. The maximum absolute atomic E-state index is 11.5. The predicted octanol–water partition coefficient (Wildman–Crippen LogP) is 1.76. The van der Waals surface area contributed by atoms with E-state index in [-0.39, 0.29) is 5.91 Å². The fourth-order valence-electron chi connectivity index (χ4n) is 1.83. The number of hydrogen-bond acceptors (Lipinski definition) is 5. The van der Waals surface area contributed by atoms with Crippen molar-refractivity contribution in [1.82, 2.24) is 10.3 Å². The standard InChI is InChI=1S/C13H23N3O2S/c1-9-7-11(18-12(9)13(17)15-14)8-16(3)10(2)5-6-19-4/h7,10H,5-6,8,14H2,1-4H3,(H,15,17). The minimum absolute atomic E-state index is 0.294. The van der Waals surface area contributed by atoms with Gasteiger partial charge < -0.3 is 4.42 Å². The van der Waals surface area contributed by atoms with E-state index in [9.17, 15) is 4.79 Å². The number of nitrogen functional groups attached to an aromatic ring is 1. The molecule has 0 saturated heterocycles. The third-order valence-corrected chi connectivity index (χ3v) is 3.85. The van der Waals surface area contributed by atoms with E-state index in [0.29, 0.717) is 18.3 Å². The van der Waals surface area contributed by atoms with E-state index in [1.165, 1.54) is 0 Å². The Morgan fingerprint density at radius 3 is 2.89 bits per heavy atom. The van der Waals surface area contributed by atoms with Crippen LogP contribution >= 0.6 is 11.8 Å². The number of aryl methyl sites for hydroxylation is 1. The van der Waals surface area contributed by atoms with Crippen LogP contribution in [0.25, 0.3) is 0 Å². The Morgan fingerprint density at radius 2 is 2.32 bits per heavy atom. The van der Waals surface area contributed by atoms with E-state index in [1.807, 2.05) is 24.8 Å². The first kappa shape index (κ1) is 16.1. The van der Waals surface area contributed by atoms with Crippen LogP contribution in [-0.4, -0.2) is 35.9 Å². The minimum Gasteiger partial charge on any atom is -0.454 e. The molecule has 0 aliphatic heterocycles. The Labute approximate surface area is 118 Å². The highest BCUT2D eigenvalue weighted by Crippen LogP contribution is 2.17. The number of rotatable bonds is 7. The monoisotopic (exact) mass is 285 g/mol. The predicted molar refractivity (Wildman–Crippen MR) is 79.0 cm³/mol. The molecular formula is C13H23N3O2S. The summed E-state index contributed by atoms with van der Waals surface area (Å²) >= 11 is 1.85. The number of furan rings is 1. The van der Waals surface area contributed by atoms with Gasteiger partial charge in [0.15, 0.2) is 5.76 Å². The minimum atomic E-state index is -0.387. The molecule has 1 aromatic heterocycles. The zero-order chi connectivity index (χ0) is 14.4. The van der Waals surface area contributed by atoms with Crippen molar-refractivity contribution >= 4 is 17.7 Å². The van der Waals surface area contributed by atoms with Crippen LogP contribution in [-0.2, 0) is 6.54 Å². The molecule has 1 atom stereocenters. The van der Waals surface area contributed by atoms with Gasteiger partial charge in [-0.2, -0.15) is 11.8 Å². The first-order valence-electron chi connectivity index (χ1n) is 6.29. The molecule has 1 aromatic rings. The lowest BCUT2D eigenvalue weighted by Gasteiger charge is -2.23. The molecule has 0 aliphatic rings. The summed E-state index contributed by atoms with van der Waals surface area (Å²) in [4.78, 5) is 13.7. The van der Waals surface area contributed by atoms with Gasteiger partial charge in [0.05, 0.1) is 6.54 Å². The number of carbonyl (C=O) groups excluding carboxylic acids is 1. The number of carbonyl (C=O) groups is 1. The lowest BCUT2D eigenvalue weighted by molar-refractivity contribution is 0.0921. The lowest BCUT2D eigenvalue weighted by Crippen LogP contribution is -2.30. The molecule has 19 heavy (non-hydrogen) atoms. The van der Waals surface area contributed by atoms with Crippen LogP contribution < -0.4 is 11.3 Å². The molecule has 0 spiro atoms. The number of nitrogens with one attached hydrogen (secondary N) is 1. The molecule has 1 amide bonds. The first-order chi connectivity index (χ1) is 8.99. The van der Waals surface area contributed by atoms with Crippen molar-refractivity contribution in [2.45, 2.75) is 32.9 Å². The summed E-state index contributed by atoms with van der Waals surface area (Å²) in [5.74, 6) is 6.95. The highest BCUT2D eigenvalue weighted by molar-refractivity contribution is 7.98. The molecule has 0 fully saturated rings. The summed E-state index contributed by atoms with van der Waals surface area (Å²) in [6, 6.07) is 2.37. The van der Waals surface area contributed by atoms with Crippen LogP contribution in [0, 0.1) is 6.92 Å². The van der Waals surface area contributed by atoms with Gasteiger partial charge in [0.1, 0.15) is 5.76 Å². The molecule has 0 radical (unpaired) electrons. The van der Waals surface area contributed by atoms with E-state index in [1.54, 1.807) is 0 Å². The van der Waals surface area contributed by atoms with Crippen molar-refractivity contribution in [3.63, 3.8) is 0 Å². The highest BCUT2D eigenvalue weighted by Gasteiger charge is 2.17. The second-order valence-electron chi connectivity index (χ2n) is 4.74. The van der Waals surface area contributed by atoms with Crippen LogP contribution in [0.15, 0.2) is 10.5 Å². The van der Waals surface area contributed by atoms with Crippen molar-refractivity contribution in [3.05, 3.63) is 23.2 Å². The van der Waals surface area contributed by atoms with E-state index in [2.05, 4.69) is 30.6 Å². The van der Waals surface area contributed by atoms with Crippen molar-refractivity contribution in [2.75, 3.05) is 19.1 Å². The summed E-state index contributed by atoms with van der Waals surface area (Å²) in [5, 5.41) is 0. The lowest BCUT2D eigenvalue weighted by atomic mass is 10.2. The number of thioether (sulfide) groups is 1. The van der Waals surface area contributed by atoms with Gasteiger partial charge in [-0.05, 0) is 45.4 Å². The van der Waals surface area contributed by atoms with E-state index in [4.69, 9.17) is 10.3 Å². The summed E-state index contributed by atoms with van der Waals surface area (Å²) in [6.07, 6.45) is 3.24. The number of hydrogen-bond donors (Lipinski definition) is 2. The molecule has 1 rings (SSSR count). The van der Waals surface area contributed by atoms with Gasteiger partial charge in [-0.3, -0.25) is 15.1 Å². The third kappa shape index (κ3) is 4.56. The van der Waals surface area contributed by atoms with Gasteiger partial charge in [0.2, 0.25) is 0 Å². The van der Waals surface area contributed by atoms with Gasteiger partial charge in [-0.1, -0.05) is 0 Å². The van der Waals surface area contributed by atoms with Crippen LogP contribution in [0.3, 0.4) is 0 Å². The van der Waals surface area contributed by atoms with Crippen LogP contribution in [0.1, 0.15) is 35.2 Å². The SMILES string of the molecule is CSCCC(C)N(C)Cc1cc(C)c(C(=O)NN)o1. The van der Waals surface area contributed by atoms with E-state index >= 15 is 0 Å². The largest absolute Gasteiger partial charge is 0.454 e. The zero-order valence-corrected chi connectivity index (χ0v) is 12.8. The van der Waals surface area contributed by atoms with Gasteiger partial charge >= 0.3 is 5.91 Å². The van der Waals surface area contributed by atoms with Crippen molar-refractivity contribution in [3.8, 4) is 0 Å². The quantitative estimate of drug-likeness (QED) is 0.454. The van der Waals surface area contributed by atoms with Gasteiger partial charge in [-0.25, -0.2) is 5.84 Å². The Kier molecular flexibility index (Phi) is 6.41. The van der Waals surface area contributed by atoms with Crippen LogP contribution in [0.5, 0.6) is 0 Å². The normalized spacial score (nSPS) is 12.7. The molecule has 1 unspecified atom stereocenters. The second kappa shape index (κ2) is 7.57. The Hall–Kier alpha value is -0.980. The third-order valence-electron chi connectivity index (χ3n) is 3.20. The molecule has 0 bridgehead atoms. The van der Waals surface area contributed by atoms with Crippen molar-refractivity contribution < 1.29 is 9.21 Å². The molecule has 1 heterocycles. The number of nitrogens with two attached hydrogens (primary N) is 1. The Morgan fingerprint density at radius 1 is 1.63 bits per heavy atom. The van der Waals surface area contributed by atoms with Crippen LogP contribution in [0.2, 0.25) is 0 Å². The maximum atomic E-state index is 11.5. The number of nitrogens with zero attached hydrogens (tertiary/aromatic N) is 1. The Balaban J connectivity index is 2.64. The van der Waals surface area contributed by atoms with E-state index < -0.39 is 0 Å². The highest BCUT2D eigenvalue weighted by atomic mass is 32.2. The molecule has 5 nitrogen and oxygen atoms in total. The fraction of sp³-hybridized carbons (Fsp3) is 0.615. The summed E-state index contributed by atoms with van der Waals surface area (Å²) in [6.45, 7) is 4.72. The van der Waals surface area contributed by atoms with Gasteiger partial charge in [0.25, 0.3) is 0 Å². The average molecular weight is 285 g/mol. The smallest absolute Gasteiger partial charge is 0.301 e. The maximum Gasteiger partial charge on any atom is 0.301 e. The summed E-state index contributed by atoms with van der Waals surface area (Å²) < 4.78 is 5.55. The first-order valence-corrected chi connectivity index (χ1v) is 7.68.